The van der Waals surface area contributed by atoms with Gasteiger partial charge in [0.05, 0.1) is 0 Å². The number of rotatable bonds is 6. The molecule has 2 aromatic carbocycles. The van der Waals surface area contributed by atoms with E-state index in [0.29, 0.717) is 23.2 Å². The lowest BCUT2D eigenvalue weighted by Gasteiger charge is -2.32. The third-order valence-corrected chi connectivity index (χ3v) is 5.99. The van der Waals surface area contributed by atoms with Crippen molar-refractivity contribution in [3.63, 3.8) is 0 Å². The smallest absolute Gasteiger partial charge is 0.319 e. The van der Waals surface area contributed by atoms with Gasteiger partial charge in [0.25, 0.3) is 5.91 Å². The van der Waals surface area contributed by atoms with Crippen LogP contribution in [0.15, 0.2) is 54.6 Å². The second kappa shape index (κ2) is 8.68. The summed E-state index contributed by atoms with van der Waals surface area (Å²) < 4.78 is 0. The number of benzene rings is 2. The molecule has 29 heavy (non-hydrogen) atoms. The van der Waals surface area contributed by atoms with E-state index >= 15 is 0 Å². The van der Waals surface area contributed by atoms with Gasteiger partial charge in [-0.2, -0.15) is 0 Å². The van der Waals surface area contributed by atoms with E-state index in [4.69, 9.17) is 0 Å². The average molecular weight is 392 g/mol. The predicted octanol–water partition coefficient (Wildman–Crippen LogP) is 4.77. The molecule has 4 rings (SSSR count). The van der Waals surface area contributed by atoms with Crippen LogP contribution in [0.4, 0.5) is 10.5 Å². The molecule has 1 saturated carbocycles. The van der Waals surface area contributed by atoms with Crippen molar-refractivity contribution in [3.8, 4) is 0 Å². The fourth-order valence-electron chi connectivity index (χ4n) is 4.34. The van der Waals surface area contributed by atoms with Crippen LogP contribution >= 0.6 is 0 Å². The summed E-state index contributed by atoms with van der Waals surface area (Å²) in [6.45, 7) is 3.00. The first-order chi connectivity index (χ1) is 14.2. The van der Waals surface area contributed by atoms with Crippen LogP contribution in [-0.4, -0.2) is 35.5 Å². The summed E-state index contributed by atoms with van der Waals surface area (Å²) in [5.74, 6) is 0.436. The van der Waals surface area contributed by atoms with Crippen molar-refractivity contribution in [2.24, 2.45) is 0 Å². The zero-order valence-corrected chi connectivity index (χ0v) is 16.9. The van der Waals surface area contributed by atoms with E-state index in [9.17, 15) is 9.59 Å². The highest BCUT2D eigenvalue weighted by Crippen LogP contribution is 2.34. The molecule has 5 nitrogen and oxygen atoms in total. The topological polar surface area (TPSA) is 61.4 Å². The summed E-state index contributed by atoms with van der Waals surface area (Å²) in [6, 6.07) is 18.1. The van der Waals surface area contributed by atoms with E-state index in [1.165, 1.54) is 5.56 Å². The van der Waals surface area contributed by atoms with Gasteiger partial charge >= 0.3 is 6.03 Å². The first-order valence-electron chi connectivity index (χ1n) is 10.7. The normalized spacial score (nSPS) is 19.6. The van der Waals surface area contributed by atoms with Gasteiger partial charge in [-0.05, 0) is 61.9 Å². The molecule has 5 heteroatoms. The van der Waals surface area contributed by atoms with Crippen LogP contribution in [0.2, 0.25) is 0 Å². The van der Waals surface area contributed by atoms with Crippen molar-refractivity contribution in [1.82, 2.24) is 10.2 Å². The van der Waals surface area contributed by atoms with Crippen LogP contribution < -0.4 is 10.6 Å². The number of carbonyl (C=O) groups excluding carboxylic acids is 2. The molecule has 2 N–H and O–H groups in total. The minimum absolute atomic E-state index is 0.0795. The lowest BCUT2D eigenvalue weighted by molar-refractivity contribution is 0.0714. The standard InChI is InChI=1S/C24H29N3O2/c1-2-21(17-7-4-3-5-8-17)22-9-6-16-27(22)23(28)18-10-12-19(13-11-18)25-24(29)26-20-14-15-20/h3-5,7-8,10-13,20-22H,2,6,9,14-16H2,1H3,(H2,25,26,29)/t21-,22-/m1/s1. The van der Waals surface area contributed by atoms with Crippen molar-refractivity contribution >= 4 is 17.6 Å². The summed E-state index contributed by atoms with van der Waals surface area (Å²) in [5.41, 5.74) is 2.68. The molecular weight excluding hydrogens is 362 g/mol. The highest BCUT2D eigenvalue weighted by molar-refractivity contribution is 5.96. The van der Waals surface area contributed by atoms with Gasteiger partial charge in [0.2, 0.25) is 0 Å². The lowest BCUT2D eigenvalue weighted by atomic mass is 9.87. The zero-order valence-electron chi connectivity index (χ0n) is 16.9. The largest absolute Gasteiger partial charge is 0.335 e. The van der Waals surface area contributed by atoms with E-state index in [-0.39, 0.29) is 18.0 Å². The summed E-state index contributed by atoms with van der Waals surface area (Å²) in [7, 11) is 0. The Morgan fingerprint density at radius 3 is 2.41 bits per heavy atom. The van der Waals surface area contributed by atoms with E-state index < -0.39 is 0 Å². The second-order valence-corrected chi connectivity index (χ2v) is 8.08. The van der Waals surface area contributed by atoms with Gasteiger partial charge in [0.1, 0.15) is 0 Å². The number of nitrogens with one attached hydrogen (secondary N) is 2. The molecule has 0 radical (unpaired) electrons. The van der Waals surface area contributed by atoms with E-state index in [0.717, 1.165) is 38.6 Å². The molecule has 2 atom stereocenters. The van der Waals surface area contributed by atoms with Crippen molar-refractivity contribution in [2.75, 3.05) is 11.9 Å². The van der Waals surface area contributed by atoms with Crippen LogP contribution in [0.3, 0.4) is 0 Å². The Morgan fingerprint density at radius 1 is 1.03 bits per heavy atom. The van der Waals surface area contributed by atoms with E-state index in [1.807, 2.05) is 23.1 Å². The number of hydrogen-bond acceptors (Lipinski definition) is 2. The molecule has 3 amide bonds. The molecule has 1 saturated heterocycles. The Hall–Kier alpha value is -2.82. The molecule has 1 heterocycles. The summed E-state index contributed by atoms with van der Waals surface area (Å²) >= 11 is 0. The summed E-state index contributed by atoms with van der Waals surface area (Å²) in [5, 5.41) is 5.73. The van der Waals surface area contributed by atoms with Gasteiger partial charge in [0, 0.05) is 35.8 Å². The van der Waals surface area contributed by atoms with Crippen molar-refractivity contribution in [1.29, 1.82) is 0 Å². The average Bonchev–Trinajstić information content (AvgIpc) is 3.42. The second-order valence-electron chi connectivity index (χ2n) is 8.08. The van der Waals surface area contributed by atoms with Gasteiger partial charge < -0.3 is 15.5 Å². The van der Waals surface area contributed by atoms with Gasteiger partial charge in [-0.1, -0.05) is 37.3 Å². The van der Waals surface area contributed by atoms with Crippen molar-refractivity contribution in [2.45, 2.75) is 57.0 Å². The highest BCUT2D eigenvalue weighted by Gasteiger charge is 2.35. The number of anilines is 1. The maximum atomic E-state index is 13.2. The zero-order chi connectivity index (χ0) is 20.2. The van der Waals surface area contributed by atoms with Gasteiger partial charge in [0.15, 0.2) is 0 Å². The fraction of sp³-hybridized carbons (Fsp3) is 0.417. The first-order valence-corrected chi connectivity index (χ1v) is 10.7. The summed E-state index contributed by atoms with van der Waals surface area (Å²) in [6.07, 6.45) is 5.21. The lowest BCUT2D eigenvalue weighted by Crippen LogP contribution is -2.39. The Labute approximate surface area is 172 Å². The molecule has 1 aliphatic heterocycles. The van der Waals surface area contributed by atoms with Crippen molar-refractivity contribution in [3.05, 3.63) is 65.7 Å². The van der Waals surface area contributed by atoms with Crippen molar-refractivity contribution < 1.29 is 9.59 Å². The number of urea groups is 1. The number of hydrogen-bond donors (Lipinski definition) is 2. The number of carbonyl (C=O) groups is 2. The molecule has 0 bridgehead atoms. The molecule has 2 aliphatic rings. The molecule has 2 fully saturated rings. The predicted molar refractivity (Wildman–Crippen MR) is 115 cm³/mol. The van der Waals surface area contributed by atoms with E-state index in [1.54, 1.807) is 12.1 Å². The molecule has 0 unspecified atom stereocenters. The maximum Gasteiger partial charge on any atom is 0.319 e. The van der Waals surface area contributed by atoms with Gasteiger partial charge in [-0.25, -0.2) is 4.79 Å². The minimum atomic E-state index is -0.181. The third kappa shape index (κ3) is 4.61. The molecule has 0 spiro atoms. The Bertz CT molecular complexity index is 846. The van der Waals surface area contributed by atoms with Crippen LogP contribution in [0.25, 0.3) is 0 Å². The molecule has 1 aliphatic carbocycles. The molecular formula is C24H29N3O2. The molecule has 0 aromatic heterocycles. The molecule has 2 aromatic rings. The summed E-state index contributed by atoms with van der Waals surface area (Å²) in [4.78, 5) is 27.1. The highest BCUT2D eigenvalue weighted by atomic mass is 16.2. The Kier molecular flexibility index (Phi) is 5.84. The van der Waals surface area contributed by atoms with Crippen LogP contribution in [0.5, 0.6) is 0 Å². The van der Waals surface area contributed by atoms with E-state index in [2.05, 4.69) is 41.8 Å². The number of amides is 3. The SMILES string of the molecule is CC[C@H](c1ccccc1)[C@H]1CCCN1C(=O)c1ccc(NC(=O)NC2CC2)cc1. The van der Waals surface area contributed by atoms with Gasteiger partial charge in [-0.15, -0.1) is 0 Å². The van der Waals surface area contributed by atoms with Gasteiger partial charge in [-0.3, -0.25) is 4.79 Å². The fourth-order valence-corrected chi connectivity index (χ4v) is 4.34. The monoisotopic (exact) mass is 391 g/mol. The third-order valence-electron chi connectivity index (χ3n) is 5.99. The number of nitrogens with zero attached hydrogens (tertiary/aromatic N) is 1. The molecule has 152 valence electrons. The number of likely N-dealkylation sites (tertiary alicyclic amines) is 1. The van der Waals surface area contributed by atoms with Crippen LogP contribution in [0, 0.1) is 0 Å². The first kappa shape index (κ1) is 19.5. The van der Waals surface area contributed by atoms with Crippen LogP contribution in [0.1, 0.15) is 60.9 Å². The minimum Gasteiger partial charge on any atom is -0.335 e. The Morgan fingerprint density at radius 2 is 1.76 bits per heavy atom. The quantitative estimate of drug-likeness (QED) is 0.745. The maximum absolute atomic E-state index is 13.2. The Balaban J connectivity index is 1.44. The van der Waals surface area contributed by atoms with Crippen LogP contribution in [-0.2, 0) is 0 Å².